The molecule has 1 aromatic carbocycles. The molecule has 1 saturated heterocycles. The Morgan fingerprint density at radius 2 is 2.24 bits per heavy atom. The molecule has 0 radical (unpaired) electrons. The van der Waals surface area contributed by atoms with Crippen LogP contribution in [-0.2, 0) is 11.3 Å². The van der Waals surface area contributed by atoms with Gasteiger partial charge in [0.15, 0.2) is 0 Å². The fourth-order valence-corrected chi connectivity index (χ4v) is 3.02. The maximum Gasteiger partial charge on any atom is 0.414 e. The van der Waals surface area contributed by atoms with Gasteiger partial charge in [0.2, 0.25) is 0 Å². The van der Waals surface area contributed by atoms with Gasteiger partial charge in [-0.15, -0.1) is 0 Å². The second-order valence-electron chi connectivity index (χ2n) is 6.31. The molecule has 2 aromatic heterocycles. The first kappa shape index (κ1) is 15.6. The fraction of sp³-hybridized carbons (Fsp3) is 0.375. The van der Waals surface area contributed by atoms with Crippen molar-refractivity contribution in [3.8, 4) is 0 Å². The highest BCUT2D eigenvalue weighted by Gasteiger charge is 2.33. The average Bonchev–Trinajstić information content (AvgIpc) is 3.25. The van der Waals surface area contributed by atoms with Crippen LogP contribution in [0.15, 0.2) is 30.6 Å². The molecule has 1 aliphatic rings. The van der Waals surface area contributed by atoms with E-state index in [9.17, 15) is 9.18 Å². The Hall–Kier alpha value is -2.97. The van der Waals surface area contributed by atoms with Gasteiger partial charge in [-0.2, -0.15) is 9.49 Å². The van der Waals surface area contributed by atoms with Crippen molar-refractivity contribution >= 4 is 22.7 Å². The van der Waals surface area contributed by atoms with E-state index in [1.165, 1.54) is 10.9 Å². The first-order chi connectivity index (χ1) is 12.0. The number of cyclic esters (lactones) is 1. The van der Waals surface area contributed by atoms with Crippen LogP contribution in [0.4, 0.5) is 14.9 Å². The van der Waals surface area contributed by atoms with Crippen LogP contribution >= 0.6 is 0 Å². The van der Waals surface area contributed by atoms with Crippen LogP contribution in [0, 0.1) is 5.95 Å². The van der Waals surface area contributed by atoms with Crippen molar-refractivity contribution in [1.82, 2.24) is 24.8 Å². The maximum absolute atomic E-state index is 12.9. The minimum Gasteiger partial charge on any atom is -0.442 e. The Kier molecular flexibility index (Phi) is 3.63. The molecule has 4 rings (SSSR count). The lowest BCUT2D eigenvalue weighted by molar-refractivity contribution is 0.129. The average molecular weight is 344 g/mol. The second kappa shape index (κ2) is 5.83. The van der Waals surface area contributed by atoms with E-state index < -0.39 is 18.1 Å². The standard InChI is InChI=1S/C16H17FN6O2/c1-10(2)23-14-4-3-12(5-11(14)6-18-23)22-8-13(25-16(22)24)7-21-9-15(17)19-20-21/h3-6,9-10,13H,7-8H2,1-2H3/t13-/m0/s1. The van der Waals surface area contributed by atoms with Crippen molar-refractivity contribution in [2.24, 2.45) is 0 Å². The van der Waals surface area contributed by atoms with Gasteiger partial charge in [0.25, 0.3) is 5.95 Å². The lowest BCUT2D eigenvalue weighted by atomic mass is 10.2. The molecule has 8 nitrogen and oxygen atoms in total. The first-order valence-electron chi connectivity index (χ1n) is 8.02. The molecule has 130 valence electrons. The molecule has 9 heteroatoms. The highest BCUT2D eigenvalue weighted by atomic mass is 19.1. The van der Waals surface area contributed by atoms with Crippen molar-refractivity contribution in [2.75, 3.05) is 11.4 Å². The van der Waals surface area contributed by atoms with Gasteiger partial charge in [0.05, 0.1) is 31.0 Å². The molecule has 1 atom stereocenters. The molecule has 0 N–H and O–H groups in total. The van der Waals surface area contributed by atoms with E-state index in [4.69, 9.17) is 4.74 Å². The smallest absolute Gasteiger partial charge is 0.414 e. The summed E-state index contributed by atoms with van der Waals surface area (Å²) in [5.74, 6) is -0.659. The molecule has 25 heavy (non-hydrogen) atoms. The molecular formula is C16H17FN6O2. The molecule has 0 bridgehead atoms. The van der Waals surface area contributed by atoms with Gasteiger partial charge in [-0.05, 0) is 32.0 Å². The summed E-state index contributed by atoms with van der Waals surface area (Å²) in [5.41, 5.74) is 1.76. The number of benzene rings is 1. The third kappa shape index (κ3) is 2.81. The molecular weight excluding hydrogens is 327 g/mol. The number of anilines is 1. The first-order valence-corrected chi connectivity index (χ1v) is 8.02. The fourth-order valence-electron chi connectivity index (χ4n) is 3.02. The van der Waals surface area contributed by atoms with Crippen LogP contribution in [0.2, 0.25) is 0 Å². The molecule has 0 aliphatic carbocycles. The zero-order valence-corrected chi connectivity index (χ0v) is 13.8. The van der Waals surface area contributed by atoms with E-state index in [0.29, 0.717) is 6.54 Å². The van der Waals surface area contributed by atoms with Crippen LogP contribution in [0.5, 0.6) is 0 Å². The Bertz CT molecular complexity index is 934. The summed E-state index contributed by atoms with van der Waals surface area (Å²) in [7, 11) is 0. The normalized spacial score (nSPS) is 17.7. The van der Waals surface area contributed by atoms with Gasteiger partial charge in [-0.25, -0.2) is 9.48 Å². The summed E-state index contributed by atoms with van der Waals surface area (Å²) in [6.45, 7) is 4.75. The number of fused-ring (bicyclic) bond motifs is 1. The summed E-state index contributed by atoms with van der Waals surface area (Å²) in [6.07, 6.45) is 2.11. The van der Waals surface area contributed by atoms with Crippen LogP contribution in [-0.4, -0.2) is 43.5 Å². The van der Waals surface area contributed by atoms with E-state index >= 15 is 0 Å². The summed E-state index contributed by atoms with van der Waals surface area (Å²) >= 11 is 0. The van der Waals surface area contributed by atoms with Crippen molar-refractivity contribution in [3.05, 3.63) is 36.5 Å². The third-order valence-electron chi connectivity index (χ3n) is 4.16. The maximum atomic E-state index is 12.9. The predicted octanol–water partition coefficient (Wildman–Crippen LogP) is 2.37. The Morgan fingerprint density at radius 3 is 2.96 bits per heavy atom. The number of hydrogen-bond acceptors (Lipinski definition) is 5. The van der Waals surface area contributed by atoms with Crippen molar-refractivity contribution < 1.29 is 13.9 Å². The van der Waals surface area contributed by atoms with Crippen LogP contribution in [0.1, 0.15) is 19.9 Å². The van der Waals surface area contributed by atoms with Crippen LogP contribution in [0.3, 0.4) is 0 Å². The van der Waals surface area contributed by atoms with Crippen molar-refractivity contribution in [1.29, 1.82) is 0 Å². The Balaban J connectivity index is 1.55. The summed E-state index contributed by atoms with van der Waals surface area (Å²) in [5, 5.41) is 12.3. The molecule has 0 unspecified atom stereocenters. The third-order valence-corrected chi connectivity index (χ3v) is 4.16. The number of carbonyl (C=O) groups is 1. The predicted molar refractivity (Wildman–Crippen MR) is 87.7 cm³/mol. The van der Waals surface area contributed by atoms with Crippen molar-refractivity contribution in [3.63, 3.8) is 0 Å². The van der Waals surface area contributed by atoms with Gasteiger partial charge in [0.1, 0.15) is 6.10 Å². The quantitative estimate of drug-likeness (QED) is 0.726. The Labute approximate surface area is 142 Å². The zero-order valence-electron chi connectivity index (χ0n) is 13.8. The molecule has 1 amide bonds. The van der Waals surface area contributed by atoms with Gasteiger partial charge >= 0.3 is 6.09 Å². The molecule has 3 heterocycles. The van der Waals surface area contributed by atoms with Crippen LogP contribution < -0.4 is 4.90 Å². The number of ether oxygens (including phenoxy) is 1. The summed E-state index contributed by atoms with van der Waals surface area (Å²) < 4.78 is 21.5. The van der Waals surface area contributed by atoms with Crippen LogP contribution in [0.25, 0.3) is 10.9 Å². The minimum atomic E-state index is -0.659. The molecule has 0 saturated carbocycles. The number of nitrogens with zero attached hydrogens (tertiary/aromatic N) is 6. The van der Waals surface area contributed by atoms with Gasteiger partial charge in [0, 0.05) is 17.1 Å². The van der Waals surface area contributed by atoms with Gasteiger partial charge in [-0.1, -0.05) is 10.3 Å². The Morgan fingerprint density at radius 1 is 1.40 bits per heavy atom. The number of carbonyl (C=O) groups excluding carboxylic acids is 1. The van der Waals surface area contributed by atoms with E-state index in [2.05, 4.69) is 29.3 Å². The number of aromatic nitrogens is 5. The summed E-state index contributed by atoms with van der Waals surface area (Å²) in [6, 6.07) is 6.00. The second-order valence-corrected chi connectivity index (χ2v) is 6.31. The van der Waals surface area contributed by atoms with E-state index in [1.807, 2.05) is 22.9 Å². The highest BCUT2D eigenvalue weighted by molar-refractivity contribution is 5.93. The van der Waals surface area contributed by atoms with Crippen molar-refractivity contribution in [2.45, 2.75) is 32.5 Å². The molecule has 3 aromatic rings. The minimum absolute atomic E-state index is 0.257. The van der Waals surface area contributed by atoms with E-state index in [-0.39, 0.29) is 12.6 Å². The zero-order chi connectivity index (χ0) is 17.6. The highest BCUT2D eigenvalue weighted by Crippen LogP contribution is 2.27. The number of amides is 1. The number of hydrogen-bond donors (Lipinski definition) is 0. The molecule has 1 aliphatic heterocycles. The topological polar surface area (TPSA) is 78.1 Å². The lowest BCUT2D eigenvalue weighted by Crippen LogP contribution is -2.26. The molecule has 1 fully saturated rings. The lowest BCUT2D eigenvalue weighted by Gasteiger charge is -2.13. The number of rotatable bonds is 4. The largest absolute Gasteiger partial charge is 0.442 e. The monoisotopic (exact) mass is 344 g/mol. The molecule has 0 spiro atoms. The number of halogens is 1. The van der Waals surface area contributed by atoms with Gasteiger partial charge < -0.3 is 4.74 Å². The SMILES string of the molecule is CC(C)n1ncc2cc(N3C[C@H](Cn4cc(F)nn4)OC3=O)ccc21. The van der Waals surface area contributed by atoms with Gasteiger partial charge in [-0.3, -0.25) is 9.58 Å². The van der Waals surface area contributed by atoms with E-state index in [1.54, 1.807) is 11.1 Å². The summed E-state index contributed by atoms with van der Waals surface area (Å²) in [4.78, 5) is 13.8. The van der Waals surface area contributed by atoms with E-state index in [0.717, 1.165) is 16.6 Å².